The molecule has 122 valence electrons. The van der Waals surface area contributed by atoms with Crippen LogP contribution >= 0.6 is 0 Å². The van der Waals surface area contributed by atoms with Gasteiger partial charge in [-0.2, -0.15) is 0 Å². The van der Waals surface area contributed by atoms with Crippen LogP contribution in [-0.2, 0) is 0 Å². The van der Waals surface area contributed by atoms with Crippen LogP contribution in [0.2, 0.25) is 0 Å². The molecule has 2 N–H and O–H groups in total. The molecule has 0 aliphatic heterocycles. The fourth-order valence-corrected chi connectivity index (χ4v) is 2.44. The molecule has 1 amide bonds. The van der Waals surface area contributed by atoms with Crippen LogP contribution in [0.3, 0.4) is 0 Å². The summed E-state index contributed by atoms with van der Waals surface area (Å²) in [7, 11) is 3.70. The molecule has 1 aromatic heterocycles. The number of carbonyl (C=O) groups excluding carboxylic acids is 1. The molecule has 2 rings (SSSR count). The van der Waals surface area contributed by atoms with Crippen molar-refractivity contribution in [3.63, 3.8) is 0 Å². The Morgan fingerprint density at radius 1 is 1.22 bits per heavy atom. The van der Waals surface area contributed by atoms with Gasteiger partial charge in [-0.3, -0.25) is 4.79 Å². The molecule has 5 nitrogen and oxygen atoms in total. The molecule has 0 fully saturated rings. The number of anilines is 1. The van der Waals surface area contributed by atoms with E-state index >= 15 is 0 Å². The smallest absolute Gasteiger partial charge is 0.255 e. The number of benzene rings is 1. The standard InChI is InChI=1S/C18H23N3O2/c1-13(12-16(22)14-8-5-4-6-9-14)20-18(23)15-10-7-11-19-17(15)21(2)3/h4-11,13,16,22H,12H2,1-3H3,(H,20,23). The van der Waals surface area contributed by atoms with E-state index in [2.05, 4.69) is 10.3 Å². The average Bonchev–Trinajstić information content (AvgIpc) is 2.55. The zero-order chi connectivity index (χ0) is 16.8. The van der Waals surface area contributed by atoms with Gasteiger partial charge in [0.1, 0.15) is 5.82 Å². The van der Waals surface area contributed by atoms with Gasteiger partial charge < -0.3 is 15.3 Å². The highest BCUT2D eigenvalue weighted by molar-refractivity contribution is 5.98. The Morgan fingerprint density at radius 3 is 2.57 bits per heavy atom. The van der Waals surface area contributed by atoms with Crippen molar-refractivity contribution < 1.29 is 9.90 Å². The van der Waals surface area contributed by atoms with Crippen LogP contribution in [0, 0.1) is 0 Å². The third-order valence-corrected chi connectivity index (χ3v) is 3.59. The molecule has 0 aliphatic carbocycles. The maximum atomic E-state index is 12.4. The quantitative estimate of drug-likeness (QED) is 0.859. The second kappa shape index (κ2) is 7.74. The number of hydrogen-bond acceptors (Lipinski definition) is 4. The van der Waals surface area contributed by atoms with Crippen molar-refractivity contribution in [1.29, 1.82) is 0 Å². The lowest BCUT2D eigenvalue weighted by Gasteiger charge is -2.20. The van der Waals surface area contributed by atoms with E-state index in [1.54, 1.807) is 23.2 Å². The molecule has 0 saturated carbocycles. The van der Waals surface area contributed by atoms with Crippen LogP contribution in [-0.4, -0.2) is 36.1 Å². The molecule has 0 radical (unpaired) electrons. The third-order valence-electron chi connectivity index (χ3n) is 3.59. The molecule has 0 saturated heterocycles. The van der Waals surface area contributed by atoms with E-state index in [9.17, 15) is 9.90 Å². The van der Waals surface area contributed by atoms with Crippen molar-refractivity contribution in [2.24, 2.45) is 0 Å². The van der Waals surface area contributed by atoms with Gasteiger partial charge in [-0.15, -0.1) is 0 Å². The van der Waals surface area contributed by atoms with E-state index in [1.807, 2.05) is 51.4 Å². The zero-order valence-electron chi connectivity index (χ0n) is 13.7. The number of carbonyl (C=O) groups is 1. The van der Waals surface area contributed by atoms with Gasteiger partial charge in [0.05, 0.1) is 11.7 Å². The number of nitrogens with zero attached hydrogens (tertiary/aromatic N) is 2. The van der Waals surface area contributed by atoms with Crippen LogP contribution in [0.1, 0.15) is 35.4 Å². The topological polar surface area (TPSA) is 65.5 Å². The van der Waals surface area contributed by atoms with Crippen molar-refractivity contribution in [2.45, 2.75) is 25.5 Å². The van der Waals surface area contributed by atoms with Crippen molar-refractivity contribution >= 4 is 11.7 Å². The van der Waals surface area contributed by atoms with E-state index in [-0.39, 0.29) is 11.9 Å². The first-order valence-corrected chi connectivity index (χ1v) is 7.65. The Morgan fingerprint density at radius 2 is 1.91 bits per heavy atom. The van der Waals surface area contributed by atoms with E-state index in [4.69, 9.17) is 0 Å². The highest BCUT2D eigenvalue weighted by atomic mass is 16.3. The van der Waals surface area contributed by atoms with Crippen LogP contribution < -0.4 is 10.2 Å². The molecule has 0 spiro atoms. The highest BCUT2D eigenvalue weighted by Gasteiger charge is 2.18. The van der Waals surface area contributed by atoms with Gasteiger partial charge in [0, 0.05) is 26.3 Å². The third kappa shape index (κ3) is 4.53. The molecule has 2 atom stereocenters. The SMILES string of the molecule is CC(CC(O)c1ccccc1)NC(=O)c1cccnc1N(C)C. The lowest BCUT2D eigenvalue weighted by molar-refractivity contribution is 0.0917. The van der Waals surface area contributed by atoms with E-state index < -0.39 is 6.10 Å². The summed E-state index contributed by atoms with van der Waals surface area (Å²) in [6.45, 7) is 1.88. The first-order valence-electron chi connectivity index (χ1n) is 7.65. The largest absolute Gasteiger partial charge is 0.388 e. The highest BCUT2D eigenvalue weighted by Crippen LogP contribution is 2.19. The summed E-state index contributed by atoms with van der Waals surface area (Å²) in [6.07, 6.45) is 1.51. The Hall–Kier alpha value is -2.40. The summed E-state index contributed by atoms with van der Waals surface area (Å²) < 4.78 is 0. The minimum absolute atomic E-state index is 0.159. The van der Waals surface area contributed by atoms with Gasteiger partial charge in [0.25, 0.3) is 5.91 Å². The monoisotopic (exact) mass is 313 g/mol. The summed E-state index contributed by atoms with van der Waals surface area (Å²) in [4.78, 5) is 18.5. The second-order valence-electron chi connectivity index (χ2n) is 5.81. The lowest BCUT2D eigenvalue weighted by atomic mass is 10.0. The summed E-state index contributed by atoms with van der Waals surface area (Å²) in [5.41, 5.74) is 1.38. The minimum atomic E-state index is -0.603. The van der Waals surface area contributed by atoms with Crippen LogP contribution in [0.4, 0.5) is 5.82 Å². The number of pyridine rings is 1. The molecular weight excluding hydrogens is 290 g/mol. The average molecular weight is 313 g/mol. The Balaban J connectivity index is 2.00. The molecule has 2 unspecified atom stereocenters. The summed E-state index contributed by atoms with van der Waals surface area (Å²) in [6, 6.07) is 12.8. The van der Waals surface area contributed by atoms with Gasteiger partial charge in [0.15, 0.2) is 0 Å². The number of nitrogens with one attached hydrogen (secondary N) is 1. The van der Waals surface area contributed by atoms with E-state index in [0.29, 0.717) is 17.8 Å². The first kappa shape index (κ1) is 17.0. The lowest BCUT2D eigenvalue weighted by Crippen LogP contribution is -2.34. The number of aliphatic hydroxyl groups excluding tert-OH is 1. The van der Waals surface area contributed by atoms with Gasteiger partial charge in [0.2, 0.25) is 0 Å². The molecule has 1 heterocycles. The van der Waals surface area contributed by atoms with Gasteiger partial charge in [-0.25, -0.2) is 4.98 Å². The maximum Gasteiger partial charge on any atom is 0.255 e. The molecule has 0 bridgehead atoms. The number of aromatic nitrogens is 1. The predicted molar refractivity (Wildman–Crippen MR) is 91.5 cm³/mol. The Labute approximate surface area is 137 Å². The predicted octanol–water partition coefficient (Wildman–Crippen LogP) is 2.39. The molecular formula is C18H23N3O2. The van der Waals surface area contributed by atoms with Gasteiger partial charge >= 0.3 is 0 Å². The van der Waals surface area contributed by atoms with E-state index in [1.165, 1.54) is 0 Å². The van der Waals surface area contributed by atoms with Gasteiger partial charge in [-0.1, -0.05) is 30.3 Å². The fraction of sp³-hybridized carbons (Fsp3) is 0.333. The normalized spacial score (nSPS) is 13.2. The number of amides is 1. The van der Waals surface area contributed by atoms with Crippen molar-refractivity contribution in [2.75, 3.05) is 19.0 Å². The number of aliphatic hydroxyl groups is 1. The van der Waals surface area contributed by atoms with Crippen LogP contribution in [0.15, 0.2) is 48.7 Å². The van der Waals surface area contributed by atoms with Crippen molar-refractivity contribution in [1.82, 2.24) is 10.3 Å². The fourth-order valence-electron chi connectivity index (χ4n) is 2.44. The molecule has 1 aromatic carbocycles. The Kier molecular flexibility index (Phi) is 5.71. The summed E-state index contributed by atoms with van der Waals surface area (Å²) in [5.74, 6) is 0.440. The maximum absolute atomic E-state index is 12.4. The number of hydrogen-bond donors (Lipinski definition) is 2. The zero-order valence-corrected chi connectivity index (χ0v) is 13.7. The first-order chi connectivity index (χ1) is 11.0. The van der Waals surface area contributed by atoms with Crippen LogP contribution in [0.25, 0.3) is 0 Å². The number of rotatable bonds is 6. The van der Waals surface area contributed by atoms with Gasteiger partial charge in [-0.05, 0) is 31.0 Å². The molecule has 0 aliphatic rings. The van der Waals surface area contributed by atoms with E-state index in [0.717, 1.165) is 5.56 Å². The van der Waals surface area contributed by atoms with Crippen molar-refractivity contribution in [3.8, 4) is 0 Å². The van der Waals surface area contributed by atoms with Crippen molar-refractivity contribution in [3.05, 3.63) is 59.8 Å². The Bertz CT molecular complexity index is 644. The minimum Gasteiger partial charge on any atom is -0.388 e. The molecule has 5 heteroatoms. The van der Waals surface area contributed by atoms with Crippen LogP contribution in [0.5, 0.6) is 0 Å². The summed E-state index contributed by atoms with van der Waals surface area (Å²) in [5, 5.41) is 13.2. The molecule has 2 aromatic rings. The summed E-state index contributed by atoms with van der Waals surface area (Å²) >= 11 is 0. The molecule has 23 heavy (non-hydrogen) atoms. The second-order valence-corrected chi connectivity index (χ2v) is 5.81.